The van der Waals surface area contributed by atoms with Crippen molar-refractivity contribution in [2.75, 3.05) is 23.7 Å². The minimum Gasteiger partial charge on any atom is -0.369 e. The first-order valence-electron chi connectivity index (χ1n) is 5.70. The number of benzene rings is 1. The number of piperidine rings is 1. The lowest BCUT2D eigenvalue weighted by Gasteiger charge is -2.41. The molecule has 0 unspecified atom stereocenters. The highest BCUT2D eigenvalue weighted by Crippen LogP contribution is 2.34. The van der Waals surface area contributed by atoms with E-state index >= 15 is 0 Å². The zero-order chi connectivity index (χ0) is 11.0. The van der Waals surface area contributed by atoms with Crippen molar-refractivity contribution < 1.29 is 4.79 Å². The van der Waals surface area contributed by atoms with Crippen LogP contribution in [0.3, 0.4) is 0 Å². The fourth-order valence-corrected chi connectivity index (χ4v) is 2.46. The standard InChI is InChI=1S/C12H15N3O.ClH/c16-11-12(5-7-13-8-6-12)15-10-4-2-1-3-9(10)14-11;/h1-4,13,15H,5-8H2,(H,14,16);1H. The van der Waals surface area contributed by atoms with E-state index in [0.717, 1.165) is 37.3 Å². The van der Waals surface area contributed by atoms with Gasteiger partial charge in [0.15, 0.2) is 0 Å². The summed E-state index contributed by atoms with van der Waals surface area (Å²) in [6.07, 6.45) is 1.68. The molecule has 1 spiro atoms. The molecule has 4 nitrogen and oxygen atoms in total. The van der Waals surface area contributed by atoms with Gasteiger partial charge in [0.05, 0.1) is 11.4 Å². The van der Waals surface area contributed by atoms with Crippen LogP contribution in [0, 0.1) is 0 Å². The van der Waals surface area contributed by atoms with E-state index in [1.807, 2.05) is 24.3 Å². The first kappa shape index (κ1) is 12.2. The summed E-state index contributed by atoms with van der Waals surface area (Å²) in [5, 5.41) is 9.68. The Morgan fingerprint density at radius 3 is 2.41 bits per heavy atom. The molecule has 2 aliphatic heterocycles. The molecule has 17 heavy (non-hydrogen) atoms. The van der Waals surface area contributed by atoms with Crippen molar-refractivity contribution in [3.63, 3.8) is 0 Å². The summed E-state index contributed by atoms with van der Waals surface area (Å²) in [6, 6.07) is 7.85. The predicted octanol–water partition coefficient (Wildman–Crippen LogP) is 1.59. The third-order valence-electron chi connectivity index (χ3n) is 3.44. The highest BCUT2D eigenvalue weighted by molar-refractivity contribution is 6.06. The third-order valence-corrected chi connectivity index (χ3v) is 3.44. The van der Waals surface area contributed by atoms with Gasteiger partial charge in [0.2, 0.25) is 5.91 Å². The molecule has 0 atom stereocenters. The second kappa shape index (κ2) is 4.55. The van der Waals surface area contributed by atoms with Crippen molar-refractivity contribution in [2.24, 2.45) is 0 Å². The Hall–Kier alpha value is -1.26. The molecule has 2 heterocycles. The number of hydrogen-bond donors (Lipinski definition) is 3. The molecular weight excluding hydrogens is 238 g/mol. The molecule has 3 rings (SSSR count). The van der Waals surface area contributed by atoms with Crippen LogP contribution in [0.15, 0.2) is 24.3 Å². The molecule has 1 aromatic rings. The van der Waals surface area contributed by atoms with Crippen LogP contribution in [0.2, 0.25) is 0 Å². The van der Waals surface area contributed by atoms with Crippen LogP contribution in [0.5, 0.6) is 0 Å². The lowest BCUT2D eigenvalue weighted by atomic mass is 9.85. The molecule has 92 valence electrons. The molecule has 0 aliphatic carbocycles. The van der Waals surface area contributed by atoms with Crippen LogP contribution in [-0.2, 0) is 4.79 Å². The van der Waals surface area contributed by atoms with Crippen molar-refractivity contribution in [3.8, 4) is 0 Å². The lowest BCUT2D eigenvalue weighted by Crippen LogP contribution is -2.57. The van der Waals surface area contributed by atoms with Crippen LogP contribution in [-0.4, -0.2) is 24.5 Å². The van der Waals surface area contributed by atoms with Crippen LogP contribution in [0.1, 0.15) is 12.8 Å². The van der Waals surface area contributed by atoms with Crippen LogP contribution >= 0.6 is 12.4 Å². The molecule has 0 radical (unpaired) electrons. The Morgan fingerprint density at radius 1 is 1.06 bits per heavy atom. The zero-order valence-corrected chi connectivity index (χ0v) is 10.3. The molecule has 1 amide bonds. The second-order valence-electron chi connectivity index (χ2n) is 4.46. The van der Waals surface area contributed by atoms with Gasteiger partial charge in [-0.3, -0.25) is 4.79 Å². The van der Waals surface area contributed by atoms with E-state index in [2.05, 4.69) is 16.0 Å². The summed E-state index contributed by atoms with van der Waals surface area (Å²) in [5.74, 6) is 0.104. The van der Waals surface area contributed by atoms with Crippen molar-refractivity contribution in [1.82, 2.24) is 5.32 Å². The van der Waals surface area contributed by atoms with E-state index in [9.17, 15) is 4.79 Å². The molecule has 0 aromatic heterocycles. The largest absolute Gasteiger partial charge is 0.369 e. The number of anilines is 2. The Balaban J connectivity index is 0.00000108. The van der Waals surface area contributed by atoms with Gasteiger partial charge >= 0.3 is 0 Å². The molecule has 3 N–H and O–H groups in total. The van der Waals surface area contributed by atoms with Crippen LogP contribution < -0.4 is 16.0 Å². The van der Waals surface area contributed by atoms with Gasteiger partial charge < -0.3 is 16.0 Å². The maximum absolute atomic E-state index is 12.1. The lowest BCUT2D eigenvalue weighted by molar-refractivity contribution is -0.121. The topological polar surface area (TPSA) is 53.2 Å². The highest BCUT2D eigenvalue weighted by Gasteiger charge is 2.42. The molecule has 0 bridgehead atoms. The summed E-state index contributed by atoms with van der Waals surface area (Å²) in [6.45, 7) is 1.78. The molecule has 5 heteroatoms. The number of carbonyl (C=O) groups excluding carboxylic acids is 1. The number of nitrogens with one attached hydrogen (secondary N) is 3. The summed E-state index contributed by atoms with van der Waals surface area (Å²) in [7, 11) is 0. The van der Waals surface area contributed by atoms with Gasteiger partial charge in [0.25, 0.3) is 0 Å². The second-order valence-corrected chi connectivity index (χ2v) is 4.46. The number of rotatable bonds is 0. The monoisotopic (exact) mass is 253 g/mol. The number of fused-ring (bicyclic) bond motifs is 1. The number of carbonyl (C=O) groups is 1. The first-order valence-corrected chi connectivity index (χ1v) is 5.70. The van der Waals surface area contributed by atoms with E-state index in [1.54, 1.807) is 0 Å². The fourth-order valence-electron chi connectivity index (χ4n) is 2.46. The smallest absolute Gasteiger partial charge is 0.250 e. The number of hydrogen-bond acceptors (Lipinski definition) is 3. The maximum Gasteiger partial charge on any atom is 0.250 e. The van der Waals surface area contributed by atoms with Crippen molar-refractivity contribution in [1.29, 1.82) is 0 Å². The zero-order valence-electron chi connectivity index (χ0n) is 9.45. The Labute approximate surface area is 107 Å². The van der Waals surface area contributed by atoms with Gasteiger partial charge in [-0.15, -0.1) is 12.4 Å². The van der Waals surface area contributed by atoms with E-state index in [1.165, 1.54) is 0 Å². The number of amides is 1. The molecule has 2 aliphatic rings. The average Bonchev–Trinajstić information content (AvgIpc) is 2.32. The van der Waals surface area contributed by atoms with Gasteiger partial charge in [-0.05, 0) is 38.1 Å². The highest BCUT2D eigenvalue weighted by atomic mass is 35.5. The van der Waals surface area contributed by atoms with E-state index in [-0.39, 0.29) is 18.3 Å². The fraction of sp³-hybridized carbons (Fsp3) is 0.417. The third kappa shape index (κ3) is 1.98. The molecule has 1 fully saturated rings. The van der Waals surface area contributed by atoms with Crippen LogP contribution in [0.25, 0.3) is 0 Å². The van der Waals surface area contributed by atoms with E-state index < -0.39 is 5.54 Å². The van der Waals surface area contributed by atoms with Crippen LogP contribution in [0.4, 0.5) is 11.4 Å². The Bertz CT molecular complexity index is 430. The molecule has 1 saturated heterocycles. The average molecular weight is 254 g/mol. The maximum atomic E-state index is 12.1. The summed E-state index contributed by atoms with van der Waals surface area (Å²) >= 11 is 0. The van der Waals surface area contributed by atoms with Crippen molar-refractivity contribution in [2.45, 2.75) is 18.4 Å². The molecule has 0 saturated carbocycles. The predicted molar refractivity (Wildman–Crippen MR) is 70.8 cm³/mol. The first-order chi connectivity index (χ1) is 7.80. The molecule has 1 aromatic carbocycles. The van der Waals surface area contributed by atoms with Gasteiger partial charge in [-0.2, -0.15) is 0 Å². The normalized spacial score (nSPS) is 20.8. The SMILES string of the molecule is Cl.O=C1Nc2ccccc2NC12CCNCC2. The summed E-state index contributed by atoms with van der Waals surface area (Å²) in [5.41, 5.74) is 1.51. The van der Waals surface area contributed by atoms with Crippen molar-refractivity contribution in [3.05, 3.63) is 24.3 Å². The van der Waals surface area contributed by atoms with E-state index in [0.29, 0.717) is 0 Å². The van der Waals surface area contributed by atoms with Gasteiger partial charge in [-0.25, -0.2) is 0 Å². The van der Waals surface area contributed by atoms with E-state index in [4.69, 9.17) is 0 Å². The van der Waals surface area contributed by atoms with Gasteiger partial charge in [0.1, 0.15) is 5.54 Å². The number of para-hydroxylation sites is 2. The summed E-state index contributed by atoms with van der Waals surface area (Å²) in [4.78, 5) is 12.1. The number of halogens is 1. The minimum absolute atomic E-state index is 0. The quantitative estimate of drug-likeness (QED) is 0.658. The van der Waals surface area contributed by atoms with Gasteiger partial charge in [0, 0.05) is 0 Å². The Morgan fingerprint density at radius 2 is 1.71 bits per heavy atom. The summed E-state index contributed by atoms with van der Waals surface area (Å²) < 4.78 is 0. The minimum atomic E-state index is -0.403. The molecular formula is C12H16ClN3O. The van der Waals surface area contributed by atoms with Gasteiger partial charge in [-0.1, -0.05) is 12.1 Å². The van der Waals surface area contributed by atoms with Crippen molar-refractivity contribution >= 4 is 29.7 Å². The Kier molecular flexibility index (Phi) is 3.26.